The number of benzene rings is 1. The van der Waals surface area contributed by atoms with Gasteiger partial charge in [-0.1, -0.05) is 18.2 Å². The van der Waals surface area contributed by atoms with E-state index in [1.807, 2.05) is 0 Å². The fraction of sp³-hybridized carbons (Fsp3) is 0.200. The zero-order valence-electron chi connectivity index (χ0n) is 7.43. The van der Waals surface area contributed by atoms with E-state index in [9.17, 15) is 9.59 Å². The molecule has 0 aliphatic heterocycles. The lowest BCUT2D eigenvalue weighted by Crippen LogP contribution is -2.12. The summed E-state index contributed by atoms with van der Waals surface area (Å²) in [6.07, 6.45) is 0.417. The van der Waals surface area contributed by atoms with Crippen LogP contribution in [0.1, 0.15) is 15.9 Å². The maximum Gasteiger partial charge on any atom is 0.377 e. The van der Waals surface area contributed by atoms with Gasteiger partial charge >= 0.3 is 5.97 Å². The summed E-state index contributed by atoms with van der Waals surface area (Å²) in [4.78, 5) is 21.4. The zero-order valence-corrected chi connectivity index (χ0v) is 7.43. The summed E-state index contributed by atoms with van der Waals surface area (Å²) in [7, 11) is 0. The van der Waals surface area contributed by atoms with Crippen molar-refractivity contribution >= 4 is 11.8 Å². The molecule has 0 radical (unpaired) electrons. The van der Waals surface area contributed by atoms with Crippen molar-refractivity contribution in [1.29, 1.82) is 0 Å². The molecule has 2 N–H and O–H groups in total. The van der Waals surface area contributed by atoms with Crippen molar-refractivity contribution in [3.63, 3.8) is 0 Å². The van der Waals surface area contributed by atoms with Crippen LogP contribution in [0.25, 0.3) is 0 Å². The number of hydrogen-bond donors (Lipinski definition) is 2. The van der Waals surface area contributed by atoms with Crippen molar-refractivity contribution in [2.24, 2.45) is 0 Å². The monoisotopic (exact) mass is 194 g/mol. The molecular formula is C10H10O4. The van der Waals surface area contributed by atoms with Gasteiger partial charge in [0.15, 0.2) is 0 Å². The molecule has 1 aromatic carbocycles. The van der Waals surface area contributed by atoms with Crippen LogP contribution in [-0.2, 0) is 11.2 Å². The molecule has 0 atom stereocenters. The first-order valence-corrected chi connectivity index (χ1v) is 4.12. The van der Waals surface area contributed by atoms with E-state index >= 15 is 0 Å². The smallest absolute Gasteiger partial charge is 0.377 e. The number of aliphatic carboxylic acids is 1. The normalized spacial score (nSPS) is 9.79. The molecular weight excluding hydrogens is 184 g/mol. The van der Waals surface area contributed by atoms with Gasteiger partial charge in [0.05, 0.1) is 0 Å². The third-order valence-corrected chi connectivity index (χ3v) is 1.78. The van der Waals surface area contributed by atoms with Gasteiger partial charge < -0.3 is 10.2 Å². The fourth-order valence-electron chi connectivity index (χ4n) is 1.12. The van der Waals surface area contributed by atoms with Crippen LogP contribution in [-0.4, -0.2) is 28.6 Å². The van der Waals surface area contributed by atoms with Crippen molar-refractivity contribution in [1.82, 2.24) is 0 Å². The van der Waals surface area contributed by atoms with Crippen molar-refractivity contribution in [3.8, 4) is 0 Å². The van der Waals surface area contributed by atoms with E-state index < -0.39 is 11.8 Å². The summed E-state index contributed by atoms with van der Waals surface area (Å²) in [6.45, 7) is -0.0231. The molecule has 0 bridgehead atoms. The van der Waals surface area contributed by atoms with Gasteiger partial charge in [0, 0.05) is 12.2 Å². The first-order valence-electron chi connectivity index (χ1n) is 4.12. The standard InChI is InChI=1S/C10H10O4/c11-5-4-7-2-1-3-8(6-7)9(12)10(13)14/h1-3,6,11H,4-5H2,(H,13,14). The van der Waals surface area contributed by atoms with Crippen LogP contribution in [0, 0.1) is 0 Å². The number of aliphatic hydroxyl groups is 1. The van der Waals surface area contributed by atoms with Gasteiger partial charge in [-0.15, -0.1) is 0 Å². The number of carboxylic acids is 1. The average Bonchev–Trinajstić information content (AvgIpc) is 2.17. The van der Waals surface area contributed by atoms with E-state index in [4.69, 9.17) is 10.2 Å². The molecule has 4 heteroatoms. The summed E-state index contributed by atoms with van der Waals surface area (Å²) in [5.41, 5.74) is 0.892. The van der Waals surface area contributed by atoms with Crippen LogP contribution < -0.4 is 0 Å². The number of hydrogen-bond acceptors (Lipinski definition) is 3. The molecule has 74 valence electrons. The highest BCUT2D eigenvalue weighted by Crippen LogP contribution is 2.06. The number of carboxylic acid groups (broad SMARTS) is 1. The van der Waals surface area contributed by atoms with Crippen molar-refractivity contribution in [2.75, 3.05) is 6.61 Å². The number of ketones is 1. The summed E-state index contributed by atoms with van der Waals surface area (Å²) in [5, 5.41) is 17.1. The largest absolute Gasteiger partial charge is 0.475 e. The molecule has 0 heterocycles. The Bertz CT molecular complexity index is 357. The molecule has 0 aliphatic carbocycles. The Morgan fingerprint density at radius 1 is 1.29 bits per heavy atom. The van der Waals surface area contributed by atoms with E-state index in [1.54, 1.807) is 12.1 Å². The minimum Gasteiger partial charge on any atom is -0.475 e. The highest BCUT2D eigenvalue weighted by atomic mass is 16.4. The number of rotatable bonds is 4. The first-order chi connectivity index (χ1) is 6.65. The highest BCUT2D eigenvalue weighted by Gasteiger charge is 2.13. The van der Waals surface area contributed by atoms with Crippen LogP contribution in [0.4, 0.5) is 0 Å². The molecule has 0 saturated carbocycles. The summed E-state index contributed by atoms with van der Waals surface area (Å²) in [6, 6.07) is 6.25. The maximum atomic E-state index is 11.0. The molecule has 0 amide bonds. The third kappa shape index (κ3) is 2.40. The maximum absolute atomic E-state index is 11.0. The number of Topliss-reactive ketones (excluding diaryl/α,β-unsaturated/α-hetero) is 1. The molecule has 4 nitrogen and oxygen atoms in total. The molecule has 0 aliphatic rings. The van der Waals surface area contributed by atoms with Crippen LogP contribution in [0.3, 0.4) is 0 Å². The Morgan fingerprint density at radius 2 is 2.00 bits per heavy atom. The second kappa shape index (κ2) is 4.53. The Hall–Kier alpha value is -1.68. The van der Waals surface area contributed by atoms with Gasteiger partial charge in [-0.2, -0.15) is 0 Å². The van der Waals surface area contributed by atoms with Crippen LogP contribution in [0.2, 0.25) is 0 Å². The summed E-state index contributed by atoms with van der Waals surface area (Å²) >= 11 is 0. The van der Waals surface area contributed by atoms with Crippen molar-refractivity contribution in [3.05, 3.63) is 35.4 Å². The minimum atomic E-state index is -1.47. The zero-order chi connectivity index (χ0) is 10.6. The third-order valence-electron chi connectivity index (χ3n) is 1.78. The minimum absolute atomic E-state index is 0.0231. The van der Waals surface area contributed by atoms with Crippen molar-refractivity contribution in [2.45, 2.75) is 6.42 Å². The van der Waals surface area contributed by atoms with Crippen LogP contribution in [0.5, 0.6) is 0 Å². The average molecular weight is 194 g/mol. The van der Waals surface area contributed by atoms with Gasteiger partial charge in [-0.3, -0.25) is 4.79 Å². The van der Waals surface area contributed by atoms with Crippen LogP contribution in [0.15, 0.2) is 24.3 Å². The second-order valence-electron chi connectivity index (χ2n) is 2.81. The second-order valence-corrected chi connectivity index (χ2v) is 2.81. The fourth-order valence-corrected chi connectivity index (χ4v) is 1.12. The molecule has 0 unspecified atom stereocenters. The Labute approximate surface area is 80.8 Å². The van der Waals surface area contributed by atoms with E-state index in [2.05, 4.69) is 0 Å². The molecule has 1 aromatic rings. The van der Waals surface area contributed by atoms with E-state index in [1.165, 1.54) is 12.1 Å². The lowest BCUT2D eigenvalue weighted by atomic mass is 10.1. The van der Waals surface area contributed by atoms with E-state index in [-0.39, 0.29) is 12.2 Å². The van der Waals surface area contributed by atoms with Gasteiger partial charge in [0.25, 0.3) is 5.78 Å². The molecule has 0 fully saturated rings. The SMILES string of the molecule is O=C(O)C(=O)c1cccc(CCO)c1. The Morgan fingerprint density at radius 3 is 2.57 bits per heavy atom. The highest BCUT2D eigenvalue weighted by molar-refractivity contribution is 6.39. The Kier molecular flexibility index (Phi) is 3.36. The first kappa shape index (κ1) is 10.4. The molecule has 0 aromatic heterocycles. The van der Waals surface area contributed by atoms with E-state index in [0.717, 1.165) is 5.56 Å². The lowest BCUT2D eigenvalue weighted by molar-refractivity contribution is -0.131. The van der Waals surface area contributed by atoms with Crippen LogP contribution >= 0.6 is 0 Å². The van der Waals surface area contributed by atoms with Gasteiger partial charge in [-0.05, 0) is 18.1 Å². The number of carbonyl (C=O) groups is 2. The number of aliphatic hydroxyl groups excluding tert-OH is 1. The quantitative estimate of drug-likeness (QED) is 0.540. The molecule has 1 rings (SSSR count). The summed E-state index contributed by atoms with van der Waals surface area (Å²) < 4.78 is 0. The molecule has 14 heavy (non-hydrogen) atoms. The van der Waals surface area contributed by atoms with Crippen molar-refractivity contribution < 1.29 is 19.8 Å². The van der Waals surface area contributed by atoms with Gasteiger partial charge in [-0.25, -0.2) is 4.79 Å². The van der Waals surface area contributed by atoms with Gasteiger partial charge in [0.2, 0.25) is 0 Å². The predicted molar refractivity (Wildman–Crippen MR) is 49.2 cm³/mol. The van der Waals surface area contributed by atoms with Gasteiger partial charge in [0.1, 0.15) is 0 Å². The molecule has 0 saturated heterocycles. The molecule has 0 spiro atoms. The topological polar surface area (TPSA) is 74.6 Å². The van der Waals surface area contributed by atoms with E-state index in [0.29, 0.717) is 6.42 Å². The number of carbonyl (C=O) groups excluding carboxylic acids is 1. The summed E-state index contributed by atoms with van der Waals surface area (Å²) in [5.74, 6) is -2.39. The predicted octanol–water partition coefficient (Wildman–Crippen LogP) is 0.489. The Balaban J connectivity index is 2.93. The lowest BCUT2D eigenvalue weighted by Gasteiger charge is -2.00.